The van der Waals surface area contributed by atoms with Crippen LogP contribution in [0.25, 0.3) is 0 Å². The van der Waals surface area contributed by atoms with Gasteiger partial charge in [0, 0.05) is 30.6 Å². The molecule has 0 radical (unpaired) electrons. The number of aromatic nitrogens is 1. The van der Waals surface area contributed by atoms with E-state index in [-0.39, 0.29) is 6.04 Å². The molecule has 1 atom stereocenters. The molecule has 1 N–H and O–H groups in total. The normalized spacial score (nSPS) is 12.2. The number of methoxy groups -OCH3 is 1. The standard InChI is InChI=1S/C15H16Cl2N2O/c1-20-9-7-14(11-2-4-12(16)5-3-11)19-13-6-8-18-15(17)10-13/h2-6,8,10,14H,7,9H2,1H3,(H,18,19). The van der Waals surface area contributed by atoms with Gasteiger partial charge in [0.15, 0.2) is 0 Å². The van der Waals surface area contributed by atoms with E-state index in [0.717, 1.165) is 22.7 Å². The fraction of sp³-hybridized carbons (Fsp3) is 0.267. The quantitative estimate of drug-likeness (QED) is 0.793. The first-order valence-electron chi connectivity index (χ1n) is 6.31. The van der Waals surface area contributed by atoms with Gasteiger partial charge in [0.05, 0.1) is 6.04 Å². The molecule has 2 aromatic rings. The van der Waals surface area contributed by atoms with Crippen LogP contribution in [0.4, 0.5) is 5.69 Å². The second-order valence-corrected chi connectivity index (χ2v) is 5.22. The minimum atomic E-state index is 0.130. The summed E-state index contributed by atoms with van der Waals surface area (Å²) in [6, 6.07) is 11.6. The summed E-state index contributed by atoms with van der Waals surface area (Å²) in [4.78, 5) is 3.98. The Balaban J connectivity index is 2.16. The molecule has 1 aromatic heterocycles. The third kappa shape index (κ3) is 4.37. The largest absolute Gasteiger partial charge is 0.385 e. The zero-order chi connectivity index (χ0) is 14.4. The first-order chi connectivity index (χ1) is 9.69. The fourth-order valence-corrected chi connectivity index (χ4v) is 2.25. The Morgan fingerprint density at radius 3 is 2.60 bits per heavy atom. The van der Waals surface area contributed by atoms with Crippen molar-refractivity contribution in [1.29, 1.82) is 0 Å². The summed E-state index contributed by atoms with van der Waals surface area (Å²) in [7, 11) is 1.70. The van der Waals surface area contributed by atoms with Crippen LogP contribution in [0, 0.1) is 0 Å². The van der Waals surface area contributed by atoms with Gasteiger partial charge in [0.1, 0.15) is 5.15 Å². The molecule has 20 heavy (non-hydrogen) atoms. The zero-order valence-corrected chi connectivity index (χ0v) is 12.7. The molecule has 0 aliphatic heterocycles. The van der Waals surface area contributed by atoms with Crippen molar-refractivity contribution in [2.75, 3.05) is 19.0 Å². The van der Waals surface area contributed by atoms with E-state index in [1.54, 1.807) is 19.4 Å². The van der Waals surface area contributed by atoms with E-state index in [4.69, 9.17) is 27.9 Å². The first-order valence-corrected chi connectivity index (χ1v) is 7.07. The maximum absolute atomic E-state index is 5.93. The van der Waals surface area contributed by atoms with Gasteiger partial charge in [-0.2, -0.15) is 0 Å². The Labute approximate surface area is 128 Å². The predicted octanol–water partition coefficient (Wildman–Crippen LogP) is 4.58. The van der Waals surface area contributed by atoms with Gasteiger partial charge in [-0.05, 0) is 36.2 Å². The van der Waals surface area contributed by atoms with Gasteiger partial charge in [0.25, 0.3) is 0 Å². The summed E-state index contributed by atoms with van der Waals surface area (Å²) < 4.78 is 5.17. The van der Waals surface area contributed by atoms with Gasteiger partial charge >= 0.3 is 0 Å². The molecule has 0 spiro atoms. The summed E-state index contributed by atoms with van der Waals surface area (Å²) in [5.41, 5.74) is 2.08. The van der Waals surface area contributed by atoms with E-state index in [1.807, 2.05) is 30.3 Å². The van der Waals surface area contributed by atoms with Gasteiger partial charge in [-0.3, -0.25) is 0 Å². The minimum Gasteiger partial charge on any atom is -0.385 e. The van der Waals surface area contributed by atoms with Crippen LogP contribution in [0.2, 0.25) is 10.2 Å². The molecule has 0 aliphatic rings. The Morgan fingerprint density at radius 1 is 1.20 bits per heavy atom. The average Bonchev–Trinajstić information content (AvgIpc) is 2.44. The summed E-state index contributed by atoms with van der Waals surface area (Å²) in [6.45, 7) is 0.666. The molecule has 0 bridgehead atoms. The predicted molar refractivity (Wildman–Crippen MR) is 83.6 cm³/mol. The van der Waals surface area contributed by atoms with E-state index in [0.29, 0.717) is 11.8 Å². The molecular formula is C15H16Cl2N2O. The van der Waals surface area contributed by atoms with E-state index in [9.17, 15) is 0 Å². The van der Waals surface area contributed by atoms with Gasteiger partial charge in [-0.15, -0.1) is 0 Å². The van der Waals surface area contributed by atoms with Crippen LogP contribution >= 0.6 is 23.2 Å². The van der Waals surface area contributed by atoms with E-state index < -0.39 is 0 Å². The highest BCUT2D eigenvalue weighted by atomic mass is 35.5. The third-order valence-corrected chi connectivity index (χ3v) is 3.41. The Kier molecular flexibility index (Phi) is 5.65. The lowest BCUT2D eigenvalue weighted by Gasteiger charge is -2.20. The van der Waals surface area contributed by atoms with Crippen LogP contribution in [0.5, 0.6) is 0 Å². The number of pyridine rings is 1. The maximum Gasteiger partial charge on any atom is 0.131 e. The SMILES string of the molecule is COCCC(Nc1ccnc(Cl)c1)c1ccc(Cl)cc1. The highest BCUT2D eigenvalue weighted by Crippen LogP contribution is 2.25. The third-order valence-electron chi connectivity index (χ3n) is 2.95. The van der Waals surface area contributed by atoms with Gasteiger partial charge in [-0.25, -0.2) is 4.98 Å². The molecule has 0 fully saturated rings. The number of anilines is 1. The lowest BCUT2D eigenvalue weighted by Crippen LogP contribution is -2.13. The molecule has 1 heterocycles. The summed E-state index contributed by atoms with van der Waals surface area (Å²) >= 11 is 11.8. The van der Waals surface area contributed by atoms with E-state index in [2.05, 4.69) is 10.3 Å². The van der Waals surface area contributed by atoms with Crippen molar-refractivity contribution in [3.05, 3.63) is 58.3 Å². The number of nitrogens with zero attached hydrogens (tertiary/aromatic N) is 1. The molecule has 1 aromatic carbocycles. The van der Waals surface area contributed by atoms with Crippen molar-refractivity contribution in [3.8, 4) is 0 Å². The van der Waals surface area contributed by atoms with Crippen LogP contribution < -0.4 is 5.32 Å². The maximum atomic E-state index is 5.93. The fourth-order valence-electron chi connectivity index (χ4n) is 1.95. The van der Waals surface area contributed by atoms with Crippen molar-refractivity contribution < 1.29 is 4.74 Å². The van der Waals surface area contributed by atoms with Crippen molar-refractivity contribution >= 4 is 28.9 Å². The number of hydrogen-bond acceptors (Lipinski definition) is 3. The molecule has 106 valence electrons. The monoisotopic (exact) mass is 310 g/mol. The number of rotatable bonds is 6. The summed E-state index contributed by atoms with van der Waals surface area (Å²) in [5, 5.41) is 4.64. The number of nitrogens with one attached hydrogen (secondary N) is 1. The van der Waals surface area contributed by atoms with Gasteiger partial charge in [-0.1, -0.05) is 35.3 Å². The van der Waals surface area contributed by atoms with Crippen molar-refractivity contribution in [3.63, 3.8) is 0 Å². The van der Waals surface area contributed by atoms with Gasteiger partial charge in [0.2, 0.25) is 0 Å². The van der Waals surface area contributed by atoms with Crippen molar-refractivity contribution in [1.82, 2.24) is 4.98 Å². The molecule has 0 saturated heterocycles. The first kappa shape index (κ1) is 15.1. The van der Waals surface area contributed by atoms with Crippen LogP contribution in [-0.2, 0) is 4.74 Å². The van der Waals surface area contributed by atoms with Crippen molar-refractivity contribution in [2.24, 2.45) is 0 Å². The second-order valence-electron chi connectivity index (χ2n) is 4.40. The van der Waals surface area contributed by atoms with E-state index >= 15 is 0 Å². The summed E-state index contributed by atoms with van der Waals surface area (Å²) in [5.74, 6) is 0. The number of halogens is 2. The number of hydrogen-bond donors (Lipinski definition) is 1. The molecular weight excluding hydrogens is 295 g/mol. The second kappa shape index (κ2) is 7.48. The zero-order valence-electron chi connectivity index (χ0n) is 11.1. The lowest BCUT2D eigenvalue weighted by atomic mass is 10.0. The highest BCUT2D eigenvalue weighted by Gasteiger charge is 2.11. The Hall–Kier alpha value is -1.29. The van der Waals surface area contributed by atoms with E-state index in [1.165, 1.54) is 0 Å². The lowest BCUT2D eigenvalue weighted by molar-refractivity contribution is 0.190. The molecule has 2 rings (SSSR count). The van der Waals surface area contributed by atoms with Crippen LogP contribution in [-0.4, -0.2) is 18.7 Å². The minimum absolute atomic E-state index is 0.130. The Morgan fingerprint density at radius 2 is 1.95 bits per heavy atom. The smallest absolute Gasteiger partial charge is 0.131 e. The van der Waals surface area contributed by atoms with Crippen molar-refractivity contribution in [2.45, 2.75) is 12.5 Å². The molecule has 1 unspecified atom stereocenters. The topological polar surface area (TPSA) is 34.1 Å². The molecule has 5 heteroatoms. The van der Waals surface area contributed by atoms with Crippen LogP contribution in [0.15, 0.2) is 42.6 Å². The number of benzene rings is 1. The summed E-state index contributed by atoms with van der Waals surface area (Å²) in [6.07, 6.45) is 2.53. The number of ether oxygens (including phenoxy) is 1. The van der Waals surface area contributed by atoms with Crippen LogP contribution in [0.1, 0.15) is 18.0 Å². The van der Waals surface area contributed by atoms with Gasteiger partial charge < -0.3 is 10.1 Å². The molecule has 0 aliphatic carbocycles. The average molecular weight is 311 g/mol. The molecule has 3 nitrogen and oxygen atoms in total. The highest BCUT2D eigenvalue weighted by molar-refractivity contribution is 6.30. The molecule has 0 saturated carbocycles. The van der Waals surface area contributed by atoms with Crippen LogP contribution in [0.3, 0.4) is 0 Å². The Bertz CT molecular complexity index is 546. The molecule has 0 amide bonds.